The van der Waals surface area contributed by atoms with Crippen LogP contribution in [0.25, 0.3) is 0 Å². The van der Waals surface area contributed by atoms with Crippen molar-refractivity contribution in [2.24, 2.45) is 5.73 Å². The Morgan fingerprint density at radius 1 is 1.60 bits per heavy atom. The third kappa shape index (κ3) is 4.13. The van der Waals surface area contributed by atoms with Crippen molar-refractivity contribution in [3.63, 3.8) is 0 Å². The van der Waals surface area contributed by atoms with Gasteiger partial charge in [-0.3, -0.25) is 0 Å². The van der Waals surface area contributed by atoms with Crippen LogP contribution in [0.5, 0.6) is 0 Å². The lowest BCUT2D eigenvalue weighted by atomic mass is 10.6. The van der Waals surface area contributed by atoms with E-state index in [-0.39, 0.29) is 5.75 Å². The van der Waals surface area contributed by atoms with Crippen LogP contribution in [0, 0.1) is 0 Å². The Morgan fingerprint density at radius 2 is 2.10 bits per heavy atom. The summed E-state index contributed by atoms with van der Waals surface area (Å²) in [6.07, 6.45) is -0.885. The molecule has 0 aliphatic carbocycles. The molecule has 0 heterocycles. The summed E-state index contributed by atoms with van der Waals surface area (Å²) in [5.41, 5.74) is 4.47. The first kappa shape index (κ1) is 9.22. The first-order valence-electron chi connectivity index (χ1n) is 2.69. The van der Waals surface area contributed by atoms with Crippen molar-refractivity contribution in [1.82, 2.24) is 0 Å². The van der Waals surface area contributed by atoms with Gasteiger partial charge in [0.2, 0.25) is 0 Å². The molecule has 0 bridgehead atoms. The fraction of sp³-hybridized carbons (Fsp3) is 0.750. The fourth-order valence-corrected chi connectivity index (χ4v) is 1.25. The van der Waals surface area contributed by atoms with Crippen LogP contribution in [0.2, 0.25) is 0 Å². The van der Waals surface area contributed by atoms with Crippen LogP contribution in [0.15, 0.2) is 0 Å². The lowest BCUT2D eigenvalue weighted by Gasteiger charge is -1.98. The quantitative estimate of drug-likeness (QED) is 0.591. The summed E-state index contributed by atoms with van der Waals surface area (Å²) in [4.78, 5) is 9.91. The standard InChI is InChI=1S/C4H9NO4S/c1-2-3-10(7,8)9-4(5)6/h2-3H2,1H3,(H2,5,6). The lowest BCUT2D eigenvalue weighted by molar-refractivity contribution is 0.213. The minimum absolute atomic E-state index is 0.185. The zero-order chi connectivity index (χ0) is 8.20. The van der Waals surface area contributed by atoms with E-state index in [0.29, 0.717) is 6.42 Å². The van der Waals surface area contributed by atoms with E-state index in [1.165, 1.54) is 0 Å². The minimum atomic E-state index is -3.71. The number of nitrogens with two attached hydrogens (primary N) is 1. The first-order valence-corrected chi connectivity index (χ1v) is 4.27. The molecule has 60 valence electrons. The van der Waals surface area contributed by atoms with Crippen LogP contribution in [0.1, 0.15) is 13.3 Å². The summed E-state index contributed by atoms with van der Waals surface area (Å²) in [5.74, 6) is -0.185. The van der Waals surface area contributed by atoms with E-state index in [1.54, 1.807) is 6.92 Å². The summed E-state index contributed by atoms with van der Waals surface area (Å²) in [5, 5.41) is 0. The van der Waals surface area contributed by atoms with Crippen LogP contribution in [-0.4, -0.2) is 20.3 Å². The van der Waals surface area contributed by atoms with Crippen molar-refractivity contribution in [2.75, 3.05) is 5.75 Å². The van der Waals surface area contributed by atoms with Gasteiger partial charge in [0.05, 0.1) is 5.75 Å². The highest BCUT2D eigenvalue weighted by Gasteiger charge is 2.12. The molecule has 0 aliphatic heterocycles. The number of hydrogen-bond acceptors (Lipinski definition) is 4. The van der Waals surface area contributed by atoms with Crippen molar-refractivity contribution >= 4 is 16.2 Å². The van der Waals surface area contributed by atoms with E-state index in [0.717, 1.165) is 0 Å². The normalized spacial score (nSPS) is 10.9. The summed E-state index contributed by atoms with van der Waals surface area (Å²) < 4.78 is 24.8. The number of carbonyl (C=O) groups is 1. The van der Waals surface area contributed by atoms with Crippen LogP contribution < -0.4 is 5.73 Å². The maximum atomic E-state index is 10.5. The van der Waals surface area contributed by atoms with Gasteiger partial charge in [-0.25, -0.2) is 4.79 Å². The van der Waals surface area contributed by atoms with E-state index >= 15 is 0 Å². The Labute approximate surface area is 59.3 Å². The number of primary amides is 1. The molecule has 0 spiro atoms. The molecule has 5 nitrogen and oxygen atoms in total. The van der Waals surface area contributed by atoms with Gasteiger partial charge in [0.1, 0.15) is 0 Å². The summed E-state index contributed by atoms with van der Waals surface area (Å²) >= 11 is 0. The Balaban J connectivity index is 4.02. The highest BCUT2D eigenvalue weighted by molar-refractivity contribution is 7.87. The van der Waals surface area contributed by atoms with Crippen molar-refractivity contribution in [3.8, 4) is 0 Å². The largest absolute Gasteiger partial charge is 0.420 e. The van der Waals surface area contributed by atoms with E-state index in [2.05, 4.69) is 9.92 Å². The maximum Gasteiger partial charge on any atom is 0.420 e. The zero-order valence-corrected chi connectivity index (χ0v) is 6.35. The highest BCUT2D eigenvalue weighted by Crippen LogP contribution is 1.94. The van der Waals surface area contributed by atoms with Gasteiger partial charge in [-0.1, -0.05) is 6.92 Å². The molecule has 0 saturated carbocycles. The molecule has 1 amide bonds. The van der Waals surface area contributed by atoms with Gasteiger partial charge in [0, 0.05) is 0 Å². The van der Waals surface area contributed by atoms with Gasteiger partial charge >= 0.3 is 16.2 Å². The van der Waals surface area contributed by atoms with Crippen molar-refractivity contribution in [2.45, 2.75) is 13.3 Å². The van der Waals surface area contributed by atoms with Crippen LogP contribution >= 0.6 is 0 Å². The molecule has 0 aliphatic rings. The minimum Gasteiger partial charge on any atom is -0.334 e. The molecule has 10 heavy (non-hydrogen) atoms. The molecule has 0 radical (unpaired) electrons. The average Bonchev–Trinajstić information content (AvgIpc) is 1.59. The molecule has 0 aromatic rings. The van der Waals surface area contributed by atoms with Crippen LogP contribution in [0.3, 0.4) is 0 Å². The molecule has 0 unspecified atom stereocenters. The van der Waals surface area contributed by atoms with Crippen molar-refractivity contribution in [3.05, 3.63) is 0 Å². The number of amides is 1. The Morgan fingerprint density at radius 3 is 2.40 bits per heavy atom. The topological polar surface area (TPSA) is 86.5 Å². The Kier molecular flexibility index (Phi) is 3.14. The lowest BCUT2D eigenvalue weighted by Crippen LogP contribution is -2.20. The van der Waals surface area contributed by atoms with E-state index in [1.807, 2.05) is 0 Å². The highest BCUT2D eigenvalue weighted by atomic mass is 32.2. The van der Waals surface area contributed by atoms with E-state index in [4.69, 9.17) is 0 Å². The van der Waals surface area contributed by atoms with E-state index in [9.17, 15) is 13.2 Å². The number of carbonyl (C=O) groups excluding carboxylic acids is 1. The number of hydrogen-bond donors (Lipinski definition) is 1. The smallest absolute Gasteiger partial charge is 0.334 e. The summed E-state index contributed by atoms with van der Waals surface area (Å²) in [7, 11) is -3.71. The molecular weight excluding hydrogens is 158 g/mol. The van der Waals surface area contributed by atoms with Gasteiger partial charge < -0.3 is 9.92 Å². The third-order valence-corrected chi connectivity index (χ3v) is 1.99. The predicted molar refractivity (Wildman–Crippen MR) is 34.7 cm³/mol. The Bertz CT molecular complexity index is 207. The second kappa shape index (κ2) is 3.40. The van der Waals surface area contributed by atoms with Crippen molar-refractivity contribution in [1.29, 1.82) is 0 Å². The van der Waals surface area contributed by atoms with Gasteiger partial charge in [0.15, 0.2) is 0 Å². The fourth-order valence-electron chi connectivity index (χ4n) is 0.417. The van der Waals surface area contributed by atoms with Crippen molar-refractivity contribution < 1.29 is 17.4 Å². The van der Waals surface area contributed by atoms with Gasteiger partial charge in [-0.2, -0.15) is 8.42 Å². The molecule has 2 N–H and O–H groups in total. The van der Waals surface area contributed by atoms with Gasteiger partial charge in [-0.05, 0) is 6.42 Å². The Hall–Kier alpha value is -0.780. The zero-order valence-electron chi connectivity index (χ0n) is 5.53. The van der Waals surface area contributed by atoms with Gasteiger partial charge in [-0.15, -0.1) is 0 Å². The summed E-state index contributed by atoms with van der Waals surface area (Å²) in [6, 6.07) is 0. The molecule has 0 fully saturated rings. The molecule has 0 aromatic carbocycles. The van der Waals surface area contributed by atoms with Crippen LogP contribution in [-0.2, 0) is 14.3 Å². The SMILES string of the molecule is CCCS(=O)(=O)OC(N)=O. The molecule has 6 heteroatoms. The molecular formula is C4H9NO4S. The predicted octanol–water partition coefficient (Wildman–Crippen LogP) is -0.178. The monoisotopic (exact) mass is 167 g/mol. The van der Waals surface area contributed by atoms with Gasteiger partial charge in [0.25, 0.3) is 0 Å². The molecule has 0 atom stereocenters. The molecule has 0 aromatic heterocycles. The second-order valence-corrected chi connectivity index (χ2v) is 3.35. The van der Waals surface area contributed by atoms with E-state index < -0.39 is 16.2 Å². The average molecular weight is 167 g/mol. The maximum absolute atomic E-state index is 10.5. The first-order chi connectivity index (χ1) is 4.48. The molecule has 0 saturated heterocycles. The second-order valence-electron chi connectivity index (χ2n) is 1.66. The third-order valence-electron chi connectivity index (χ3n) is 0.663. The van der Waals surface area contributed by atoms with Crippen LogP contribution in [0.4, 0.5) is 4.79 Å². The molecule has 0 rings (SSSR count). The summed E-state index contributed by atoms with van der Waals surface area (Å²) in [6.45, 7) is 1.65. The number of rotatable bonds is 3.